The Kier molecular flexibility index (Phi) is 4.18. The van der Waals surface area contributed by atoms with Crippen LogP contribution in [-0.4, -0.2) is 14.5 Å². The van der Waals surface area contributed by atoms with Gasteiger partial charge >= 0.3 is 0 Å². The maximum Gasteiger partial charge on any atom is 0.141 e. The number of fused-ring (bicyclic) bond motifs is 1. The third kappa shape index (κ3) is 3.13. The van der Waals surface area contributed by atoms with Gasteiger partial charge in [-0.2, -0.15) is 0 Å². The summed E-state index contributed by atoms with van der Waals surface area (Å²) in [5.74, 6) is 0.977. The van der Waals surface area contributed by atoms with Crippen LogP contribution in [-0.2, 0) is 6.54 Å². The van der Waals surface area contributed by atoms with Crippen molar-refractivity contribution < 1.29 is 0 Å². The van der Waals surface area contributed by atoms with E-state index >= 15 is 0 Å². The van der Waals surface area contributed by atoms with Gasteiger partial charge in [-0.3, -0.25) is 0 Å². The Morgan fingerprint density at radius 3 is 2.57 bits per heavy atom. The maximum absolute atomic E-state index is 5.72. The van der Waals surface area contributed by atoms with Crippen LogP contribution in [0.2, 0.25) is 0 Å². The summed E-state index contributed by atoms with van der Waals surface area (Å²) in [4.78, 5) is 5.42. The molecule has 23 heavy (non-hydrogen) atoms. The third-order valence-corrected chi connectivity index (χ3v) is 4.43. The fourth-order valence-corrected chi connectivity index (χ4v) is 2.92. The number of aryl methyl sites for hydroxylation is 4. The molecule has 0 saturated carbocycles. The Morgan fingerprint density at radius 2 is 1.87 bits per heavy atom. The topological polar surface area (TPSA) is 43.8 Å². The standard InChI is InChI=1S/C19H21N3S/c1-12-5-4-6-15(9-12)19-21-16-10-13(2)14(3)11-17(16)22(19)8-7-18(20)23/h4-6,9-11H,7-8H2,1-3H3,(H2,20,23). The molecule has 0 aliphatic rings. The van der Waals surface area contributed by atoms with Gasteiger partial charge in [0.25, 0.3) is 0 Å². The third-order valence-electron chi connectivity index (χ3n) is 4.22. The minimum absolute atomic E-state index is 0.533. The van der Waals surface area contributed by atoms with Crippen molar-refractivity contribution in [2.45, 2.75) is 33.7 Å². The van der Waals surface area contributed by atoms with E-state index in [9.17, 15) is 0 Å². The van der Waals surface area contributed by atoms with E-state index < -0.39 is 0 Å². The average molecular weight is 323 g/mol. The molecule has 0 spiro atoms. The van der Waals surface area contributed by atoms with Crippen molar-refractivity contribution in [3.8, 4) is 11.4 Å². The van der Waals surface area contributed by atoms with Crippen LogP contribution in [0, 0.1) is 20.8 Å². The number of imidazole rings is 1. The molecule has 0 aliphatic heterocycles. The van der Waals surface area contributed by atoms with Gasteiger partial charge in [0.2, 0.25) is 0 Å². The minimum atomic E-state index is 0.533. The van der Waals surface area contributed by atoms with Crippen molar-refractivity contribution in [1.29, 1.82) is 0 Å². The van der Waals surface area contributed by atoms with E-state index in [-0.39, 0.29) is 0 Å². The maximum atomic E-state index is 5.72. The molecule has 4 heteroatoms. The van der Waals surface area contributed by atoms with Crippen LogP contribution in [0.5, 0.6) is 0 Å². The number of aromatic nitrogens is 2. The quantitative estimate of drug-likeness (QED) is 0.728. The molecule has 0 unspecified atom stereocenters. The first-order chi connectivity index (χ1) is 11.0. The van der Waals surface area contributed by atoms with Crippen molar-refractivity contribution in [3.05, 3.63) is 53.1 Å². The van der Waals surface area contributed by atoms with E-state index in [2.05, 4.69) is 61.7 Å². The molecule has 0 aliphatic carbocycles. The van der Waals surface area contributed by atoms with Gasteiger partial charge in [0.05, 0.1) is 16.0 Å². The van der Waals surface area contributed by atoms with Crippen LogP contribution in [0.4, 0.5) is 0 Å². The Balaban J connectivity index is 2.22. The van der Waals surface area contributed by atoms with Crippen molar-refractivity contribution in [2.75, 3.05) is 0 Å². The van der Waals surface area contributed by atoms with Crippen molar-refractivity contribution >= 4 is 28.2 Å². The van der Waals surface area contributed by atoms with Crippen molar-refractivity contribution in [1.82, 2.24) is 9.55 Å². The monoisotopic (exact) mass is 323 g/mol. The number of hydrogen-bond donors (Lipinski definition) is 1. The van der Waals surface area contributed by atoms with Crippen LogP contribution in [0.1, 0.15) is 23.1 Å². The van der Waals surface area contributed by atoms with Crippen molar-refractivity contribution in [3.63, 3.8) is 0 Å². The lowest BCUT2D eigenvalue weighted by molar-refractivity contribution is 0.756. The summed E-state index contributed by atoms with van der Waals surface area (Å²) in [6.07, 6.45) is 0.673. The zero-order chi connectivity index (χ0) is 16.6. The van der Waals surface area contributed by atoms with Crippen LogP contribution < -0.4 is 5.73 Å². The molecule has 0 saturated heterocycles. The summed E-state index contributed by atoms with van der Waals surface area (Å²) in [5, 5.41) is 0. The Morgan fingerprint density at radius 1 is 1.13 bits per heavy atom. The lowest BCUT2D eigenvalue weighted by Crippen LogP contribution is -2.12. The summed E-state index contributed by atoms with van der Waals surface area (Å²) in [5.41, 5.74) is 12.8. The molecule has 3 nitrogen and oxygen atoms in total. The van der Waals surface area contributed by atoms with Gasteiger partial charge in [-0.25, -0.2) is 4.98 Å². The highest BCUT2D eigenvalue weighted by atomic mass is 32.1. The number of hydrogen-bond acceptors (Lipinski definition) is 2. The molecular weight excluding hydrogens is 302 g/mol. The second-order valence-corrected chi connectivity index (χ2v) is 6.62. The van der Waals surface area contributed by atoms with E-state index in [1.807, 2.05) is 0 Å². The second kappa shape index (κ2) is 6.13. The van der Waals surface area contributed by atoms with E-state index in [4.69, 9.17) is 22.9 Å². The normalized spacial score (nSPS) is 11.1. The first kappa shape index (κ1) is 15.7. The van der Waals surface area contributed by atoms with Gasteiger partial charge < -0.3 is 10.3 Å². The first-order valence-electron chi connectivity index (χ1n) is 7.78. The summed E-state index contributed by atoms with van der Waals surface area (Å²) < 4.78 is 2.23. The van der Waals surface area contributed by atoms with E-state index in [1.54, 1.807) is 0 Å². The van der Waals surface area contributed by atoms with Gasteiger partial charge in [-0.15, -0.1) is 0 Å². The number of nitrogens with zero attached hydrogens (tertiary/aromatic N) is 2. The van der Waals surface area contributed by atoms with E-state index in [0.29, 0.717) is 11.4 Å². The van der Waals surface area contributed by atoms with Crippen LogP contribution >= 0.6 is 12.2 Å². The average Bonchev–Trinajstić information content (AvgIpc) is 2.83. The summed E-state index contributed by atoms with van der Waals surface area (Å²) in [7, 11) is 0. The lowest BCUT2D eigenvalue weighted by Gasteiger charge is -2.10. The zero-order valence-electron chi connectivity index (χ0n) is 13.8. The van der Waals surface area contributed by atoms with Crippen molar-refractivity contribution in [2.24, 2.45) is 5.73 Å². The van der Waals surface area contributed by atoms with Crippen LogP contribution in [0.3, 0.4) is 0 Å². The highest BCUT2D eigenvalue weighted by Crippen LogP contribution is 2.27. The summed E-state index contributed by atoms with van der Waals surface area (Å²) in [6.45, 7) is 7.10. The first-order valence-corrected chi connectivity index (χ1v) is 8.19. The summed E-state index contributed by atoms with van der Waals surface area (Å²) >= 11 is 5.06. The molecule has 2 aromatic carbocycles. The van der Waals surface area contributed by atoms with Crippen LogP contribution in [0.15, 0.2) is 36.4 Å². The highest BCUT2D eigenvalue weighted by Gasteiger charge is 2.14. The van der Waals surface area contributed by atoms with Gasteiger partial charge in [0.1, 0.15) is 5.82 Å². The largest absolute Gasteiger partial charge is 0.393 e. The molecule has 3 aromatic rings. The second-order valence-electron chi connectivity index (χ2n) is 6.10. The molecular formula is C19H21N3S. The molecule has 2 N–H and O–H groups in total. The molecule has 118 valence electrons. The Hall–Kier alpha value is -2.20. The highest BCUT2D eigenvalue weighted by molar-refractivity contribution is 7.80. The zero-order valence-corrected chi connectivity index (χ0v) is 14.6. The van der Waals surface area contributed by atoms with E-state index in [0.717, 1.165) is 29.0 Å². The fourth-order valence-electron chi connectivity index (χ4n) is 2.83. The minimum Gasteiger partial charge on any atom is -0.393 e. The van der Waals surface area contributed by atoms with E-state index in [1.165, 1.54) is 16.7 Å². The molecule has 0 fully saturated rings. The number of nitrogens with two attached hydrogens (primary N) is 1. The number of rotatable bonds is 4. The Bertz CT molecular complexity index is 893. The van der Waals surface area contributed by atoms with Crippen LogP contribution in [0.25, 0.3) is 22.4 Å². The molecule has 0 bridgehead atoms. The van der Waals surface area contributed by atoms with Gasteiger partial charge in [-0.05, 0) is 50.1 Å². The van der Waals surface area contributed by atoms with Gasteiger partial charge in [0, 0.05) is 18.5 Å². The number of thiocarbonyl (C=S) groups is 1. The lowest BCUT2D eigenvalue weighted by atomic mass is 10.1. The summed E-state index contributed by atoms with van der Waals surface area (Å²) in [6, 6.07) is 12.8. The van der Waals surface area contributed by atoms with Gasteiger partial charge in [0.15, 0.2) is 0 Å². The Labute approximate surface area is 142 Å². The molecule has 1 heterocycles. The number of benzene rings is 2. The molecule has 0 atom stereocenters. The fraction of sp³-hybridized carbons (Fsp3) is 0.263. The van der Waals surface area contributed by atoms with Gasteiger partial charge in [-0.1, -0.05) is 36.0 Å². The molecule has 1 aromatic heterocycles. The SMILES string of the molecule is Cc1cccc(-c2nc3cc(C)c(C)cc3n2CCC(N)=S)c1. The predicted molar refractivity (Wildman–Crippen MR) is 101 cm³/mol. The predicted octanol–water partition coefficient (Wildman–Crippen LogP) is 4.30. The molecule has 3 rings (SSSR count). The molecule has 0 radical (unpaired) electrons. The molecule has 0 amide bonds. The smallest absolute Gasteiger partial charge is 0.141 e.